The molecule has 1 fully saturated rings. The fourth-order valence-electron chi connectivity index (χ4n) is 2.83. The van der Waals surface area contributed by atoms with Crippen molar-refractivity contribution in [2.24, 2.45) is 0 Å². The molecular weight excluding hydrogens is 345 g/mol. The first kappa shape index (κ1) is 21.6. The molecule has 1 aromatic rings. The molecule has 1 heterocycles. The first-order chi connectivity index (χ1) is 12.3. The summed E-state index contributed by atoms with van der Waals surface area (Å²) in [6.45, 7) is 14.7. The van der Waals surface area contributed by atoms with Crippen LogP contribution in [0.5, 0.6) is 5.75 Å². The van der Waals surface area contributed by atoms with Gasteiger partial charge in [0.15, 0.2) is 0 Å². The van der Waals surface area contributed by atoms with Gasteiger partial charge in [-0.25, -0.2) is 4.79 Å². The number of carbonyl (C=O) groups is 1. The minimum absolute atomic E-state index is 0.365. The molecule has 0 saturated carbocycles. The normalized spacial score (nSPS) is 18.4. The van der Waals surface area contributed by atoms with Crippen molar-refractivity contribution in [1.29, 1.82) is 0 Å². The van der Waals surface area contributed by atoms with Gasteiger partial charge in [-0.15, -0.1) is 0 Å². The molecule has 1 aliphatic rings. The van der Waals surface area contributed by atoms with Crippen LogP contribution < -0.4 is 10.2 Å². The van der Waals surface area contributed by atoms with Gasteiger partial charge in [0.1, 0.15) is 5.75 Å². The molecule has 0 spiro atoms. The fraction of sp³-hybridized carbons (Fsp3) is 0.650. The zero-order chi connectivity index (χ0) is 20.5. The minimum atomic E-state index is -0.908. The molecule has 1 saturated heterocycles. The lowest BCUT2D eigenvalue weighted by Gasteiger charge is -2.33. The van der Waals surface area contributed by atoms with Crippen LogP contribution >= 0.6 is 0 Å². The first-order valence-electron chi connectivity index (χ1n) is 9.42. The molecule has 1 aliphatic heterocycles. The van der Waals surface area contributed by atoms with E-state index < -0.39 is 11.6 Å². The molecule has 27 heavy (non-hydrogen) atoms. The van der Waals surface area contributed by atoms with Crippen LogP contribution in [0, 0.1) is 0 Å². The Labute approximate surface area is 162 Å². The molecule has 0 bridgehead atoms. The second-order valence-corrected chi connectivity index (χ2v) is 8.96. The van der Waals surface area contributed by atoms with Crippen LogP contribution in [0.25, 0.3) is 0 Å². The van der Waals surface area contributed by atoms with Crippen molar-refractivity contribution in [1.82, 2.24) is 4.90 Å². The third-order valence-corrected chi connectivity index (χ3v) is 5.24. The molecule has 6 nitrogen and oxygen atoms in total. The van der Waals surface area contributed by atoms with Gasteiger partial charge in [0.05, 0.1) is 17.8 Å². The van der Waals surface area contributed by atoms with E-state index >= 15 is 0 Å². The standard InChI is InChI=1S/C20H32BNO5/c1-18(2,3)22(17(23)24)13-8-14-25-16-11-9-15(10-12-16)21-26-19(4,5)20(6,7)27-21/h9-12H,8,13-14H2,1-7H3,(H,23,24). The Morgan fingerprint density at radius 3 is 2.07 bits per heavy atom. The Bertz CT molecular complexity index is 635. The number of hydrogen-bond donors (Lipinski definition) is 1. The highest BCUT2D eigenvalue weighted by atomic mass is 16.7. The summed E-state index contributed by atoms with van der Waals surface area (Å²) in [6, 6.07) is 7.66. The molecule has 1 aromatic carbocycles. The highest BCUT2D eigenvalue weighted by molar-refractivity contribution is 6.62. The van der Waals surface area contributed by atoms with Crippen molar-refractivity contribution in [3.63, 3.8) is 0 Å². The fourth-order valence-corrected chi connectivity index (χ4v) is 2.83. The number of hydrogen-bond acceptors (Lipinski definition) is 4. The van der Waals surface area contributed by atoms with Crippen LogP contribution in [-0.4, -0.2) is 53.1 Å². The molecule has 0 aromatic heterocycles. The summed E-state index contributed by atoms with van der Waals surface area (Å²) in [5.74, 6) is 0.743. The number of benzene rings is 1. The van der Waals surface area contributed by atoms with Crippen LogP contribution in [0.15, 0.2) is 24.3 Å². The topological polar surface area (TPSA) is 68.2 Å². The molecule has 150 valence electrons. The van der Waals surface area contributed by atoms with E-state index in [1.54, 1.807) is 0 Å². The van der Waals surface area contributed by atoms with E-state index in [0.29, 0.717) is 19.6 Å². The van der Waals surface area contributed by atoms with Crippen LogP contribution in [-0.2, 0) is 9.31 Å². The number of nitrogens with zero attached hydrogens (tertiary/aromatic N) is 1. The van der Waals surface area contributed by atoms with Gasteiger partial charge in [-0.2, -0.15) is 0 Å². The summed E-state index contributed by atoms with van der Waals surface area (Å²) in [7, 11) is -0.389. The van der Waals surface area contributed by atoms with E-state index in [9.17, 15) is 9.90 Å². The zero-order valence-corrected chi connectivity index (χ0v) is 17.5. The maximum atomic E-state index is 11.3. The lowest BCUT2D eigenvalue weighted by Crippen LogP contribution is -2.45. The number of rotatable bonds is 6. The van der Waals surface area contributed by atoms with Crippen molar-refractivity contribution in [3.8, 4) is 5.75 Å². The summed E-state index contributed by atoms with van der Waals surface area (Å²) in [5, 5.41) is 9.29. The predicted molar refractivity (Wildman–Crippen MR) is 107 cm³/mol. The number of carboxylic acid groups (broad SMARTS) is 1. The summed E-state index contributed by atoms with van der Waals surface area (Å²) in [5.41, 5.74) is -0.201. The van der Waals surface area contributed by atoms with Crippen molar-refractivity contribution in [2.75, 3.05) is 13.2 Å². The maximum absolute atomic E-state index is 11.3. The highest BCUT2D eigenvalue weighted by Gasteiger charge is 2.51. The van der Waals surface area contributed by atoms with Gasteiger partial charge in [0, 0.05) is 12.1 Å². The van der Waals surface area contributed by atoms with E-state index in [4.69, 9.17) is 14.0 Å². The largest absolute Gasteiger partial charge is 0.494 e. The van der Waals surface area contributed by atoms with Crippen LogP contribution in [0.2, 0.25) is 0 Å². The van der Waals surface area contributed by atoms with E-state index in [1.807, 2.05) is 72.7 Å². The molecule has 7 heteroatoms. The van der Waals surface area contributed by atoms with Crippen molar-refractivity contribution >= 4 is 18.7 Å². The Hall–Kier alpha value is -1.73. The van der Waals surface area contributed by atoms with Gasteiger partial charge in [0.2, 0.25) is 0 Å². The van der Waals surface area contributed by atoms with Crippen molar-refractivity contribution in [2.45, 2.75) is 71.6 Å². The lowest BCUT2D eigenvalue weighted by atomic mass is 9.79. The zero-order valence-electron chi connectivity index (χ0n) is 17.5. The van der Waals surface area contributed by atoms with Crippen LogP contribution in [0.1, 0.15) is 54.9 Å². The van der Waals surface area contributed by atoms with Gasteiger partial charge in [-0.1, -0.05) is 12.1 Å². The Morgan fingerprint density at radius 2 is 1.63 bits per heavy atom. The quantitative estimate of drug-likeness (QED) is 0.607. The van der Waals surface area contributed by atoms with E-state index in [1.165, 1.54) is 4.90 Å². The minimum Gasteiger partial charge on any atom is -0.494 e. The van der Waals surface area contributed by atoms with Crippen LogP contribution in [0.4, 0.5) is 4.79 Å². The maximum Gasteiger partial charge on any atom is 0.494 e. The van der Waals surface area contributed by atoms with Gasteiger partial charge in [-0.3, -0.25) is 0 Å². The van der Waals surface area contributed by atoms with E-state index in [2.05, 4.69) is 0 Å². The molecule has 1 N–H and O–H groups in total. The van der Waals surface area contributed by atoms with Gasteiger partial charge < -0.3 is 24.1 Å². The van der Waals surface area contributed by atoms with Crippen molar-refractivity contribution in [3.05, 3.63) is 24.3 Å². The van der Waals surface area contributed by atoms with Crippen LogP contribution in [0.3, 0.4) is 0 Å². The average molecular weight is 377 g/mol. The molecule has 1 amide bonds. The van der Waals surface area contributed by atoms with E-state index in [-0.39, 0.29) is 18.3 Å². The third-order valence-electron chi connectivity index (χ3n) is 5.24. The lowest BCUT2D eigenvalue weighted by molar-refractivity contribution is 0.00578. The summed E-state index contributed by atoms with van der Waals surface area (Å²) in [4.78, 5) is 12.8. The number of amides is 1. The molecule has 0 aliphatic carbocycles. The summed E-state index contributed by atoms with van der Waals surface area (Å²) in [6.07, 6.45) is -0.281. The summed E-state index contributed by atoms with van der Waals surface area (Å²) >= 11 is 0. The van der Waals surface area contributed by atoms with Gasteiger partial charge in [-0.05, 0) is 72.5 Å². The molecule has 0 atom stereocenters. The molecule has 0 unspecified atom stereocenters. The average Bonchev–Trinajstić information content (AvgIpc) is 2.74. The van der Waals surface area contributed by atoms with Crippen molar-refractivity contribution < 1.29 is 23.9 Å². The summed E-state index contributed by atoms with van der Waals surface area (Å²) < 4.78 is 17.8. The Balaban J connectivity index is 1.86. The molecule has 0 radical (unpaired) electrons. The number of ether oxygens (including phenoxy) is 1. The first-order valence-corrected chi connectivity index (χ1v) is 9.42. The third kappa shape index (κ3) is 5.17. The smallest absolute Gasteiger partial charge is 0.494 e. The molecule has 2 rings (SSSR count). The monoisotopic (exact) mass is 377 g/mol. The predicted octanol–water partition coefficient (Wildman–Crippen LogP) is 3.53. The van der Waals surface area contributed by atoms with Gasteiger partial charge in [0.25, 0.3) is 0 Å². The highest BCUT2D eigenvalue weighted by Crippen LogP contribution is 2.36. The Kier molecular flexibility index (Phi) is 6.17. The Morgan fingerprint density at radius 1 is 1.11 bits per heavy atom. The second kappa shape index (κ2) is 7.72. The SMILES string of the molecule is CC(C)(C)N(CCCOc1ccc(B2OC(C)(C)C(C)(C)O2)cc1)C(=O)O. The van der Waals surface area contributed by atoms with Gasteiger partial charge >= 0.3 is 13.2 Å². The molecular formula is C20H32BNO5. The van der Waals surface area contributed by atoms with E-state index in [0.717, 1.165) is 11.2 Å². The second-order valence-electron chi connectivity index (χ2n) is 8.96.